The largest absolute Gasteiger partial charge is 0.490 e. The molecule has 2 aromatic carbocycles. The molecule has 0 saturated heterocycles. The molecule has 0 aliphatic rings. The molecule has 5 heteroatoms. The van der Waals surface area contributed by atoms with Gasteiger partial charge >= 0.3 is 0 Å². The Morgan fingerprint density at radius 1 is 1.05 bits per heavy atom. The molecule has 2 rings (SSSR count). The summed E-state index contributed by atoms with van der Waals surface area (Å²) in [5, 5.41) is 2.71. The van der Waals surface area contributed by atoms with Gasteiger partial charge in [-0.05, 0) is 30.3 Å². The van der Waals surface area contributed by atoms with Gasteiger partial charge in [0.05, 0.1) is 0 Å². The van der Waals surface area contributed by atoms with Crippen LogP contribution in [0.1, 0.15) is 6.92 Å². The molecular weight excluding hydrogens is 334 g/mol. The molecule has 0 aliphatic heterocycles. The first-order valence-corrected chi connectivity index (χ1v) is 7.31. The molecule has 4 nitrogen and oxygen atoms in total. The van der Waals surface area contributed by atoms with Crippen LogP contribution >= 0.6 is 15.9 Å². The second kappa shape index (κ2) is 7.69. The summed E-state index contributed by atoms with van der Waals surface area (Å²) in [5.74, 6) is 1.38. The van der Waals surface area contributed by atoms with Crippen LogP contribution in [-0.4, -0.2) is 19.1 Å². The van der Waals surface area contributed by atoms with Crippen molar-refractivity contribution in [2.24, 2.45) is 0 Å². The second-order valence-electron chi connectivity index (χ2n) is 4.36. The van der Waals surface area contributed by atoms with E-state index in [2.05, 4.69) is 21.2 Å². The highest BCUT2D eigenvalue weighted by Crippen LogP contribution is 2.19. The summed E-state index contributed by atoms with van der Waals surface area (Å²) in [7, 11) is 0. The normalized spacial score (nSPS) is 10.0. The lowest BCUT2D eigenvalue weighted by atomic mass is 10.3. The molecule has 0 heterocycles. The van der Waals surface area contributed by atoms with Crippen LogP contribution in [0.4, 0.5) is 5.69 Å². The molecule has 0 bridgehead atoms. The molecule has 0 fully saturated rings. The van der Waals surface area contributed by atoms with Gasteiger partial charge in [-0.15, -0.1) is 0 Å². The number of nitrogens with one attached hydrogen (secondary N) is 1. The number of anilines is 1. The quantitative estimate of drug-likeness (QED) is 0.805. The fourth-order valence-corrected chi connectivity index (χ4v) is 2.12. The first kappa shape index (κ1) is 15.4. The molecule has 0 unspecified atom stereocenters. The van der Waals surface area contributed by atoms with E-state index in [0.29, 0.717) is 24.7 Å². The van der Waals surface area contributed by atoms with Gasteiger partial charge in [0.25, 0.3) is 0 Å². The Labute approximate surface area is 132 Å². The van der Waals surface area contributed by atoms with E-state index in [0.717, 1.165) is 10.2 Å². The highest BCUT2D eigenvalue weighted by atomic mass is 79.9. The van der Waals surface area contributed by atoms with Crippen LogP contribution in [0, 0.1) is 0 Å². The zero-order valence-electron chi connectivity index (χ0n) is 11.6. The van der Waals surface area contributed by atoms with Crippen LogP contribution in [-0.2, 0) is 4.79 Å². The second-order valence-corrected chi connectivity index (χ2v) is 5.28. The third-order valence-electron chi connectivity index (χ3n) is 2.57. The third kappa shape index (κ3) is 5.47. The molecule has 0 saturated carbocycles. The Bertz CT molecular complexity index is 616. The maximum absolute atomic E-state index is 11.0. The van der Waals surface area contributed by atoms with Gasteiger partial charge in [0.1, 0.15) is 24.7 Å². The van der Waals surface area contributed by atoms with Crippen molar-refractivity contribution in [2.75, 3.05) is 18.5 Å². The van der Waals surface area contributed by atoms with Gasteiger partial charge in [-0.1, -0.05) is 28.1 Å². The van der Waals surface area contributed by atoms with Gasteiger partial charge < -0.3 is 14.8 Å². The van der Waals surface area contributed by atoms with Crippen LogP contribution in [0.3, 0.4) is 0 Å². The summed E-state index contributed by atoms with van der Waals surface area (Å²) < 4.78 is 12.1. The highest BCUT2D eigenvalue weighted by Gasteiger charge is 1.99. The van der Waals surface area contributed by atoms with E-state index in [1.807, 2.05) is 42.5 Å². The van der Waals surface area contributed by atoms with E-state index in [1.54, 1.807) is 6.07 Å². The van der Waals surface area contributed by atoms with E-state index in [1.165, 1.54) is 6.92 Å². The lowest BCUT2D eigenvalue weighted by Gasteiger charge is -2.10. The minimum Gasteiger partial charge on any atom is -0.490 e. The summed E-state index contributed by atoms with van der Waals surface area (Å²) in [6.07, 6.45) is 0. The van der Waals surface area contributed by atoms with Crippen LogP contribution in [0.2, 0.25) is 0 Å². The van der Waals surface area contributed by atoms with Gasteiger partial charge in [0.15, 0.2) is 0 Å². The van der Waals surface area contributed by atoms with Gasteiger partial charge in [0, 0.05) is 23.2 Å². The molecule has 0 spiro atoms. The van der Waals surface area contributed by atoms with E-state index in [4.69, 9.17) is 9.47 Å². The molecule has 21 heavy (non-hydrogen) atoms. The monoisotopic (exact) mass is 349 g/mol. The third-order valence-corrected chi connectivity index (χ3v) is 3.06. The Hall–Kier alpha value is -2.01. The Morgan fingerprint density at radius 2 is 1.67 bits per heavy atom. The fraction of sp³-hybridized carbons (Fsp3) is 0.188. The van der Waals surface area contributed by atoms with E-state index >= 15 is 0 Å². The van der Waals surface area contributed by atoms with Crippen LogP contribution in [0.15, 0.2) is 53.0 Å². The maximum atomic E-state index is 11.0. The van der Waals surface area contributed by atoms with Crippen molar-refractivity contribution < 1.29 is 14.3 Å². The van der Waals surface area contributed by atoms with E-state index < -0.39 is 0 Å². The summed E-state index contributed by atoms with van der Waals surface area (Å²) >= 11 is 3.39. The maximum Gasteiger partial charge on any atom is 0.221 e. The summed E-state index contributed by atoms with van der Waals surface area (Å²) in [4.78, 5) is 11.0. The molecule has 2 aromatic rings. The van der Waals surface area contributed by atoms with Gasteiger partial charge in [-0.2, -0.15) is 0 Å². The summed E-state index contributed by atoms with van der Waals surface area (Å²) in [5.41, 5.74) is 0.716. The predicted octanol–water partition coefficient (Wildman–Crippen LogP) is 3.87. The van der Waals surface area contributed by atoms with Crippen molar-refractivity contribution in [1.82, 2.24) is 0 Å². The lowest BCUT2D eigenvalue weighted by molar-refractivity contribution is -0.114. The lowest BCUT2D eigenvalue weighted by Crippen LogP contribution is -2.09. The number of rotatable bonds is 6. The van der Waals surface area contributed by atoms with Gasteiger partial charge in [0.2, 0.25) is 5.91 Å². The number of halogens is 1. The predicted molar refractivity (Wildman–Crippen MR) is 85.9 cm³/mol. The fourth-order valence-electron chi connectivity index (χ4n) is 1.74. The number of carbonyl (C=O) groups is 1. The van der Waals surface area contributed by atoms with Crippen LogP contribution < -0.4 is 14.8 Å². The Balaban J connectivity index is 1.79. The standard InChI is InChI=1S/C16H16BrNO3/c1-12(19)18-14-5-3-7-16(11-14)21-9-8-20-15-6-2-4-13(17)10-15/h2-7,10-11H,8-9H2,1H3,(H,18,19). The number of benzene rings is 2. The topological polar surface area (TPSA) is 47.6 Å². The number of ether oxygens (including phenoxy) is 2. The van der Waals surface area contributed by atoms with Crippen molar-refractivity contribution >= 4 is 27.5 Å². The Morgan fingerprint density at radius 3 is 2.29 bits per heavy atom. The zero-order valence-corrected chi connectivity index (χ0v) is 13.2. The van der Waals surface area contributed by atoms with Crippen molar-refractivity contribution in [3.63, 3.8) is 0 Å². The average Bonchev–Trinajstić information content (AvgIpc) is 2.43. The summed E-state index contributed by atoms with van der Waals surface area (Å²) in [6, 6.07) is 14.9. The minimum absolute atomic E-state index is 0.106. The van der Waals surface area contributed by atoms with Crippen LogP contribution in [0.5, 0.6) is 11.5 Å². The first-order chi connectivity index (χ1) is 10.1. The Kier molecular flexibility index (Phi) is 5.63. The molecular formula is C16H16BrNO3. The van der Waals surface area contributed by atoms with E-state index in [9.17, 15) is 4.79 Å². The highest BCUT2D eigenvalue weighted by molar-refractivity contribution is 9.10. The minimum atomic E-state index is -0.106. The molecule has 0 radical (unpaired) electrons. The average molecular weight is 350 g/mol. The van der Waals surface area contributed by atoms with Crippen molar-refractivity contribution in [1.29, 1.82) is 0 Å². The van der Waals surface area contributed by atoms with Crippen molar-refractivity contribution in [2.45, 2.75) is 6.92 Å². The molecule has 0 aromatic heterocycles. The number of hydrogen-bond acceptors (Lipinski definition) is 3. The van der Waals surface area contributed by atoms with Crippen molar-refractivity contribution in [3.8, 4) is 11.5 Å². The smallest absolute Gasteiger partial charge is 0.221 e. The van der Waals surface area contributed by atoms with E-state index in [-0.39, 0.29) is 5.91 Å². The van der Waals surface area contributed by atoms with Gasteiger partial charge in [-0.3, -0.25) is 4.79 Å². The van der Waals surface area contributed by atoms with Crippen molar-refractivity contribution in [3.05, 3.63) is 53.0 Å². The van der Waals surface area contributed by atoms with Gasteiger partial charge in [-0.25, -0.2) is 0 Å². The SMILES string of the molecule is CC(=O)Nc1cccc(OCCOc2cccc(Br)c2)c1. The molecule has 1 amide bonds. The molecule has 0 aliphatic carbocycles. The number of hydrogen-bond donors (Lipinski definition) is 1. The first-order valence-electron chi connectivity index (χ1n) is 6.52. The summed E-state index contributed by atoms with van der Waals surface area (Å²) in [6.45, 7) is 2.34. The number of amides is 1. The molecule has 110 valence electrons. The molecule has 1 N–H and O–H groups in total. The zero-order chi connectivity index (χ0) is 15.1. The number of carbonyl (C=O) groups excluding carboxylic acids is 1. The van der Waals surface area contributed by atoms with Crippen LogP contribution in [0.25, 0.3) is 0 Å². The molecule has 0 atom stereocenters.